The Bertz CT molecular complexity index is 391. The Kier molecular flexibility index (Phi) is 4.13. The van der Waals surface area contributed by atoms with Crippen molar-refractivity contribution >= 4 is 11.9 Å². The van der Waals surface area contributed by atoms with Crippen LogP contribution in [0.15, 0.2) is 36.4 Å². The lowest BCUT2D eigenvalue weighted by Crippen LogP contribution is -2.09. The number of allylic oxidation sites excluding steroid dienone is 1. The van der Waals surface area contributed by atoms with Crippen molar-refractivity contribution < 1.29 is 4.79 Å². The van der Waals surface area contributed by atoms with Gasteiger partial charge >= 0.3 is 0 Å². The average Bonchev–Trinajstić information content (AvgIpc) is 2.52. The van der Waals surface area contributed by atoms with Gasteiger partial charge in [-0.15, -0.1) is 0 Å². The first kappa shape index (κ1) is 12.1. The summed E-state index contributed by atoms with van der Waals surface area (Å²) in [7, 11) is 0. The first-order chi connectivity index (χ1) is 8.25. The first-order valence-electron chi connectivity index (χ1n) is 6.51. The largest absolute Gasteiger partial charge is 0.299 e. The summed E-state index contributed by atoms with van der Waals surface area (Å²) in [4.78, 5) is 11.9. The van der Waals surface area contributed by atoms with E-state index in [1.54, 1.807) is 0 Å². The molecule has 0 aromatic heterocycles. The fraction of sp³-hybridized carbons (Fsp3) is 0.438. The van der Waals surface area contributed by atoms with Gasteiger partial charge < -0.3 is 0 Å². The van der Waals surface area contributed by atoms with Gasteiger partial charge in [0, 0.05) is 12.3 Å². The van der Waals surface area contributed by atoms with Crippen molar-refractivity contribution in [2.24, 2.45) is 11.8 Å². The minimum Gasteiger partial charge on any atom is -0.299 e. The quantitative estimate of drug-likeness (QED) is 0.697. The lowest BCUT2D eigenvalue weighted by atomic mass is 9.97. The zero-order valence-electron chi connectivity index (χ0n) is 10.4. The fourth-order valence-electron chi connectivity index (χ4n) is 2.34. The Balaban J connectivity index is 2.02. The second-order valence-corrected chi connectivity index (χ2v) is 5.06. The van der Waals surface area contributed by atoms with Crippen molar-refractivity contribution in [3.63, 3.8) is 0 Å². The van der Waals surface area contributed by atoms with Gasteiger partial charge in [0.1, 0.15) is 5.78 Å². The molecule has 1 aromatic rings. The summed E-state index contributed by atoms with van der Waals surface area (Å²) >= 11 is 0. The minimum atomic E-state index is 0.139. The Hall–Kier alpha value is -1.37. The molecular weight excluding hydrogens is 208 g/mol. The van der Waals surface area contributed by atoms with E-state index in [4.69, 9.17) is 0 Å². The van der Waals surface area contributed by atoms with Crippen LogP contribution in [0, 0.1) is 11.8 Å². The molecule has 90 valence electrons. The Morgan fingerprint density at radius 2 is 1.88 bits per heavy atom. The zero-order valence-corrected chi connectivity index (χ0v) is 10.4. The van der Waals surface area contributed by atoms with Crippen LogP contribution in [0.1, 0.15) is 38.2 Å². The smallest absolute Gasteiger partial charge is 0.139 e. The van der Waals surface area contributed by atoms with Gasteiger partial charge in [0.15, 0.2) is 0 Å². The molecule has 0 unspecified atom stereocenters. The second kappa shape index (κ2) is 5.81. The predicted molar refractivity (Wildman–Crippen MR) is 71.6 cm³/mol. The Morgan fingerprint density at radius 3 is 2.65 bits per heavy atom. The summed E-state index contributed by atoms with van der Waals surface area (Å²) in [5, 5.41) is 0. The molecule has 0 bridgehead atoms. The molecule has 0 amide bonds. The molecule has 0 aliphatic heterocycles. The highest BCUT2D eigenvalue weighted by Crippen LogP contribution is 2.25. The first-order valence-corrected chi connectivity index (χ1v) is 6.51. The molecule has 1 saturated carbocycles. The zero-order chi connectivity index (χ0) is 12.1. The third kappa shape index (κ3) is 3.55. The van der Waals surface area contributed by atoms with Crippen molar-refractivity contribution in [2.75, 3.05) is 0 Å². The van der Waals surface area contributed by atoms with Gasteiger partial charge in [0.05, 0.1) is 0 Å². The van der Waals surface area contributed by atoms with E-state index in [2.05, 4.69) is 31.2 Å². The SMILES string of the molecule is C[C@@H]1CCC(=O)[C@H](/C=C/c2ccccc2)CC1. The molecule has 2 atom stereocenters. The minimum absolute atomic E-state index is 0.139. The lowest BCUT2D eigenvalue weighted by Gasteiger charge is -2.07. The average molecular weight is 228 g/mol. The summed E-state index contributed by atoms with van der Waals surface area (Å²) in [6.07, 6.45) is 8.19. The summed E-state index contributed by atoms with van der Waals surface area (Å²) in [5.74, 6) is 1.26. The Labute approximate surface area is 104 Å². The molecule has 1 aliphatic carbocycles. The molecule has 1 aromatic carbocycles. The molecule has 0 radical (unpaired) electrons. The van der Waals surface area contributed by atoms with E-state index in [0.29, 0.717) is 11.7 Å². The van der Waals surface area contributed by atoms with Crippen LogP contribution in [0.4, 0.5) is 0 Å². The second-order valence-electron chi connectivity index (χ2n) is 5.06. The van der Waals surface area contributed by atoms with E-state index in [-0.39, 0.29) is 5.92 Å². The van der Waals surface area contributed by atoms with Crippen molar-refractivity contribution in [1.29, 1.82) is 0 Å². The summed E-state index contributed by atoms with van der Waals surface area (Å²) in [5.41, 5.74) is 1.18. The number of hydrogen-bond donors (Lipinski definition) is 0. The number of carbonyl (C=O) groups is 1. The molecule has 0 spiro atoms. The van der Waals surface area contributed by atoms with E-state index in [9.17, 15) is 4.79 Å². The van der Waals surface area contributed by atoms with Gasteiger partial charge in [-0.2, -0.15) is 0 Å². The number of benzene rings is 1. The molecule has 1 fully saturated rings. The van der Waals surface area contributed by atoms with Crippen LogP contribution in [0.5, 0.6) is 0 Å². The van der Waals surface area contributed by atoms with Crippen molar-refractivity contribution in [3.8, 4) is 0 Å². The molecule has 0 heterocycles. The van der Waals surface area contributed by atoms with E-state index in [1.165, 1.54) is 12.0 Å². The van der Waals surface area contributed by atoms with Gasteiger partial charge in [-0.3, -0.25) is 4.79 Å². The normalized spacial score (nSPS) is 26.1. The van der Waals surface area contributed by atoms with Crippen LogP contribution in [-0.4, -0.2) is 5.78 Å². The topological polar surface area (TPSA) is 17.1 Å². The monoisotopic (exact) mass is 228 g/mol. The molecule has 1 heteroatoms. The molecule has 2 rings (SSSR count). The highest BCUT2D eigenvalue weighted by atomic mass is 16.1. The molecule has 1 nitrogen and oxygen atoms in total. The molecular formula is C16H20O. The standard InChI is InChI=1S/C16H20O/c1-13-7-10-15(16(17)12-8-13)11-9-14-5-3-2-4-6-14/h2-6,9,11,13,15H,7-8,10,12H2,1H3/b11-9+/t13-,15-/m0/s1. The molecule has 1 aliphatic rings. The van der Waals surface area contributed by atoms with Crippen LogP contribution in [0.2, 0.25) is 0 Å². The van der Waals surface area contributed by atoms with Gasteiger partial charge in [-0.05, 0) is 30.7 Å². The number of rotatable bonds is 2. The van der Waals surface area contributed by atoms with Crippen molar-refractivity contribution in [2.45, 2.75) is 32.6 Å². The third-order valence-corrected chi connectivity index (χ3v) is 3.59. The lowest BCUT2D eigenvalue weighted by molar-refractivity contribution is -0.121. The van der Waals surface area contributed by atoms with Crippen LogP contribution in [0.3, 0.4) is 0 Å². The molecule has 0 saturated heterocycles. The highest BCUT2D eigenvalue weighted by molar-refractivity contribution is 5.83. The third-order valence-electron chi connectivity index (χ3n) is 3.59. The van der Waals surface area contributed by atoms with Gasteiger partial charge in [-0.1, -0.05) is 49.4 Å². The van der Waals surface area contributed by atoms with Gasteiger partial charge in [-0.25, -0.2) is 0 Å². The van der Waals surface area contributed by atoms with E-state index < -0.39 is 0 Å². The maximum absolute atomic E-state index is 11.9. The maximum Gasteiger partial charge on any atom is 0.139 e. The number of Topliss-reactive ketones (excluding diaryl/α,β-unsaturated/α-hetero) is 1. The Morgan fingerprint density at radius 1 is 1.12 bits per heavy atom. The summed E-state index contributed by atoms with van der Waals surface area (Å²) in [6, 6.07) is 10.2. The summed E-state index contributed by atoms with van der Waals surface area (Å²) in [6.45, 7) is 2.25. The molecule has 17 heavy (non-hydrogen) atoms. The van der Waals surface area contributed by atoms with E-state index >= 15 is 0 Å². The van der Waals surface area contributed by atoms with Crippen molar-refractivity contribution in [3.05, 3.63) is 42.0 Å². The fourth-order valence-corrected chi connectivity index (χ4v) is 2.34. The van der Waals surface area contributed by atoms with Crippen LogP contribution in [-0.2, 0) is 4.79 Å². The van der Waals surface area contributed by atoms with Gasteiger partial charge in [0.25, 0.3) is 0 Å². The summed E-state index contributed by atoms with van der Waals surface area (Å²) < 4.78 is 0. The maximum atomic E-state index is 11.9. The number of ketones is 1. The van der Waals surface area contributed by atoms with E-state index in [1.807, 2.05) is 18.2 Å². The number of carbonyl (C=O) groups excluding carboxylic acids is 1. The van der Waals surface area contributed by atoms with E-state index in [0.717, 1.165) is 19.3 Å². The van der Waals surface area contributed by atoms with Gasteiger partial charge in [0.2, 0.25) is 0 Å². The van der Waals surface area contributed by atoms with Crippen LogP contribution in [0.25, 0.3) is 6.08 Å². The molecule has 0 N–H and O–H groups in total. The van der Waals surface area contributed by atoms with Crippen LogP contribution < -0.4 is 0 Å². The predicted octanol–water partition coefficient (Wildman–Crippen LogP) is 4.10. The highest BCUT2D eigenvalue weighted by Gasteiger charge is 2.21. The van der Waals surface area contributed by atoms with Crippen LogP contribution >= 0.6 is 0 Å². The number of hydrogen-bond acceptors (Lipinski definition) is 1. The van der Waals surface area contributed by atoms with Crippen molar-refractivity contribution in [1.82, 2.24) is 0 Å².